The molecule has 0 saturated carbocycles. The van der Waals surface area contributed by atoms with Gasteiger partial charge in [0.05, 0.1) is 18.7 Å². The number of benzene rings is 2. The molecular weight excluding hydrogens is 410 g/mol. The maximum atomic E-state index is 12.9. The maximum absolute atomic E-state index is 12.9. The Bertz CT molecular complexity index is 985. The van der Waals surface area contributed by atoms with E-state index in [9.17, 15) is 14.4 Å². The quantitative estimate of drug-likeness (QED) is 0.670. The van der Waals surface area contributed by atoms with E-state index in [1.165, 1.54) is 12.0 Å². The largest absolute Gasteiger partial charge is 0.467 e. The number of nitriles is 1. The first-order chi connectivity index (χ1) is 15.5. The Hall–Kier alpha value is -3.86. The minimum absolute atomic E-state index is 0.119. The fourth-order valence-corrected chi connectivity index (χ4v) is 3.61. The van der Waals surface area contributed by atoms with Crippen LogP contribution in [0.25, 0.3) is 0 Å². The Kier molecular flexibility index (Phi) is 7.81. The number of methoxy groups -OCH3 is 1. The second-order valence-electron chi connectivity index (χ2n) is 7.49. The molecule has 0 unspecified atom stereocenters. The molecule has 3 rings (SSSR count). The molecule has 8 heteroatoms. The molecule has 2 amide bonds. The van der Waals surface area contributed by atoms with Crippen LogP contribution in [0.2, 0.25) is 0 Å². The van der Waals surface area contributed by atoms with Gasteiger partial charge in [-0.05, 0) is 36.1 Å². The van der Waals surface area contributed by atoms with Crippen molar-refractivity contribution in [1.82, 2.24) is 10.2 Å². The van der Waals surface area contributed by atoms with Crippen molar-refractivity contribution < 1.29 is 23.9 Å². The molecular formula is C24H25N3O5. The third-order valence-corrected chi connectivity index (χ3v) is 5.32. The number of likely N-dealkylation sites (tertiary alicyclic amines) is 1. The van der Waals surface area contributed by atoms with Crippen LogP contribution in [-0.4, -0.2) is 48.6 Å². The molecule has 2 atom stereocenters. The van der Waals surface area contributed by atoms with E-state index >= 15 is 0 Å². The van der Waals surface area contributed by atoms with E-state index in [0.717, 1.165) is 11.1 Å². The topological polar surface area (TPSA) is 109 Å². The van der Waals surface area contributed by atoms with Crippen LogP contribution in [0.3, 0.4) is 0 Å². The van der Waals surface area contributed by atoms with E-state index < -0.39 is 30.1 Å². The fraction of sp³-hybridized carbons (Fsp3) is 0.333. The highest BCUT2D eigenvalue weighted by Crippen LogP contribution is 2.20. The van der Waals surface area contributed by atoms with Gasteiger partial charge in [0.2, 0.25) is 5.91 Å². The molecule has 0 spiro atoms. The summed E-state index contributed by atoms with van der Waals surface area (Å²) in [6, 6.07) is 16.4. The number of carbonyl (C=O) groups is 3. The standard InChI is InChI=1S/C24H25N3O5/c1-31-23(29)20(14-17-9-11-18(15-25)12-10-17)26-22(28)21-8-5-13-27(21)24(30)32-16-19-6-3-2-4-7-19/h2-4,6-7,9-12,20-21H,5,8,13-14,16H2,1H3,(H,26,28)/t20-,21-/m1/s1. The van der Waals surface area contributed by atoms with Gasteiger partial charge in [-0.15, -0.1) is 0 Å². The molecule has 2 aromatic carbocycles. The number of hydrogen-bond donors (Lipinski definition) is 1. The highest BCUT2D eigenvalue weighted by atomic mass is 16.6. The molecule has 8 nitrogen and oxygen atoms in total. The minimum atomic E-state index is -0.914. The first-order valence-corrected chi connectivity index (χ1v) is 10.4. The van der Waals surface area contributed by atoms with E-state index in [4.69, 9.17) is 14.7 Å². The molecule has 2 aromatic rings. The lowest BCUT2D eigenvalue weighted by Crippen LogP contribution is -2.51. The molecule has 1 aliphatic rings. The molecule has 1 saturated heterocycles. The Morgan fingerprint density at radius 3 is 2.50 bits per heavy atom. The van der Waals surface area contributed by atoms with Gasteiger partial charge in [0.15, 0.2) is 0 Å². The zero-order chi connectivity index (χ0) is 22.9. The van der Waals surface area contributed by atoms with Gasteiger partial charge in [-0.1, -0.05) is 42.5 Å². The summed E-state index contributed by atoms with van der Waals surface area (Å²) in [7, 11) is 1.25. The monoisotopic (exact) mass is 435 g/mol. The van der Waals surface area contributed by atoms with Crippen LogP contribution >= 0.6 is 0 Å². The number of ether oxygens (including phenoxy) is 2. The van der Waals surface area contributed by atoms with Crippen LogP contribution in [0.1, 0.15) is 29.5 Å². The molecule has 1 fully saturated rings. The molecule has 0 radical (unpaired) electrons. The Balaban J connectivity index is 1.62. The third-order valence-electron chi connectivity index (χ3n) is 5.32. The van der Waals surface area contributed by atoms with Gasteiger partial charge in [0.1, 0.15) is 18.7 Å². The fourth-order valence-electron chi connectivity index (χ4n) is 3.61. The van der Waals surface area contributed by atoms with Crippen LogP contribution < -0.4 is 5.32 Å². The van der Waals surface area contributed by atoms with Gasteiger partial charge in [0.25, 0.3) is 0 Å². The van der Waals surface area contributed by atoms with E-state index in [1.54, 1.807) is 24.3 Å². The summed E-state index contributed by atoms with van der Waals surface area (Å²) >= 11 is 0. The van der Waals surface area contributed by atoms with Crippen LogP contribution in [0, 0.1) is 11.3 Å². The summed E-state index contributed by atoms with van der Waals surface area (Å²) in [6.07, 6.45) is 0.789. The number of rotatable bonds is 7. The van der Waals surface area contributed by atoms with E-state index in [-0.39, 0.29) is 13.0 Å². The molecule has 1 aliphatic heterocycles. The predicted octanol–water partition coefficient (Wildman–Crippen LogP) is 2.56. The van der Waals surface area contributed by atoms with Crippen molar-refractivity contribution in [1.29, 1.82) is 5.26 Å². The summed E-state index contributed by atoms with van der Waals surface area (Å²) in [5.41, 5.74) is 2.13. The van der Waals surface area contributed by atoms with Crippen molar-refractivity contribution in [3.63, 3.8) is 0 Å². The van der Waals surface area contributed by atoms with Crippen LogP contribution in [0.4, 0.5) is 4.79 Å². The van der Waals surface area contributed by atoms with Gasteiger partial charge in [-0.25, -0.2) is 9.59 Å². The average molecular weight is 435 g/mol. The van der Waals surface area contributed by atoms with Gasteiger partial charge >= 0.3 is 12.1 Å². The Labute approximate surface area is 186 Å². The number of amides is 2. The molecule has 0 aromatic heterocycles. The Morgan fingerprint density at radius 1 is 1.12 bits per heavy atom. The maximum Gasteiger partial charge on any atom is 0.410 e. The minimum Gasteiger partial charge on any atom is -0.467 e. The van der Waals surface area contributed by atoms with Gasteiger partial charge in [-0.3, -0.25) is 9.69 Å². The predicted molar refractivity (Wildman–Crippen MR) is 115 cm³/mol. The van der Waals surface area contributed by atoms with E-state index in [2.05, 4.69) is 5.32 Å². The first-order valence-electron chi connectivity index (χ1n) is 10.4. The van der Waals surface area contributed by atoms with Crippen molar-refractivity contribution in [2.45, 2.75) is 38.0 Å². The molecule has 1 N–H and O–H groups in total. The van der Waals surface area contributed by atoms with Crippen LogP contribution in [0.15, 0.2) is 54.6 Å². The summed E-state index contributed by atoms with van der Waals surface area (Å²) in [5, 5.41) is 11.6. The number of carbonyl (C=O) groups excluding carboxylic acids is 3. The summed E-state index contributed by atoms with van der Waals surface area (Å²) < 4.78 is 10.2. The van der Waals surface area contributed by atoms with Crippen molar-refractivity contribution in [2.75, 3.05) is 13.7 Å². The van der Waals surface area contributed by atoms with Crippen LogP contribution in [-0.2, 0) is 32.1 Å². The Morgan fingerprint density at radius 2 is 1.84 bits per heavy atom. The molecule has 166 valence electrons. The number of nitrogens with one attached hydrogen (secondary N) is 1. The highest BCUT2D eigenvalue weighted by Gasteiger charge is 2.37. The normalized spacial score (nSPS) is 16.0. The summed E-state index contributed by atoms with van der Waals surface area (Å²) in [4.78, 5) is 39.2. The lowest BCUT2D eigenvalue weighted by Gasteiger charge is -2.25. The second-order valence-corrected chi connectivity index (χ2v) is 7.49. The van der Waals surface area contributed by atoms with Crippen molar-refractivity contribution >= 4 is 18.0 Å². The molecule has 1 heterocycles. The lowest BCUT2D eigenvalue weighted by molar-refractivity contribution is -0.145. The highest BCUT2D eigenvalue weighted by molar-refractivity contribution is 5.90. The molecule has 0 aliphatic carbocycles. The first kappa shape index (κ1) is 22.8. The number of nitrogens with zero attached hydrogens (tertiary/aromatic N) is 2. The summed E-state index contributed by atoms with van der Waals surface area (Å²) in [6.45, 7) is 0.526. The lowest BCUT2D eigenvalue weighted by atomic mass is 10.0. The molecule has 0 bridgehead atoms. The van der Waals surface area contributed by atoms with Gasteiger partial charge in [-0.2, -0.15) is 5.26 Å². The number of hydrogen-bond acceptors (Lipinski definition) is 6. The van der Waals surface area contributed by atoms with Crippen molar-refractivity contribution in [3.05, 3.63) is 71.3 Å². The number of esters is 1. The second kappa shape index (κ2) is 11.0. The van der Waals surface area contributed by atoms with E-state index in [0.29, 0.717) is 24.9 Å². The molecule has 32 heavy (non-hydrogen) atoms. The average Bonchev–Trinajstić information content (AvgIpc) is 3.33. The zero-order valence-corrected chi connectivity index (χ0v) is 17.8. The van der Waals surface area contributed by atoms with Gasteiger partial charge in [0, 0.05) is 13.0 Å². The van der Waals surface area contributed by atoms with Crippen LogP contribution in [0.5, 0.6) is 0 Å². The third kappa shape index (κ3) is 5.85. The zero-order valence-electron chi connectivity index (χ0n) is 17.8. The van der Waals surface area contributed by atoms with Crippen molar-refractivity contribution in [2.24, 2.45) is 0 Å². The smallest absolute Gasteiger partial charge is 0.410 e. The summed E-state index contributed by atoms with van der Waals surface area (Å²) in [5.74, 6) is -1.01. The van der Waals surface area contributed by atoms with E-state index in [1.807, 2.05) is 36.4 Å². The van der Waals surface area contributed by atoms with Gasteiger partial charge < -0.3 is 14.8 Å². The van der Waals surface area contributed by atoms with Crippen molar-refractivity contribution in [3.8, 4) is 6.07 Å². The SMILES string of the molecule is COC(=O)[C@@H](Cc1ccc(C#N)cc1)NC(=O)[C@H]1CCCN1C(=O)OCc1ccccc1.